The highest BCUT2D eigenvalue weighted by Crippen LogP contribution is 2.30. The summed E-state index contributed by atoms with van der Waals surface area (Å²) in [7, 11) is -3.61. The molecule has 0 aliphatic heterocycles. The fourth-order valence-corrected chi connectivity index (χ4v) is 4.46. The Morgan fingerprint density at radius 2 is 2.00 bits per heavy atom. The van der Waals surface area contributed by atoms with Gasteiger partial charge in [0.25, 0.3) is 0 Å². The van der Waals surface area contributed by atoms with E-state index in [1.807, 2.05) is 45.2 Å². The average Bonchev–Trinajstić information content (AvgIpc) is 2.39. The summed E-state index contributed by atoms with van der Waals surface area (Å²) in [4.78, 5) is 11.6. The van der Waals surface area contributed by atoms with Gasteiger partial charge in [0.2, 0.25) is 5.91 Å². The number of nitrogens with zero attached hydrogens (tertiary/aromatic N) is 1. The Morgan fingerprint density at radius 1 is 1.45 bits per heavy atom. The maximum Gasteiger partial charge on any atom is 0.306 e. The van der Waals surface area contributed by atoms with Gasteiger partial charge in [-0.1, -0.05) is 0 Å². The fraction of sp³-hybridized carbons (Fsp3) is 0.333. The predicted octanol–water partition coefficient (Wildman–Crippen LogP) is 0.744. The number of amides is 1. The molecule has 0 heterocycles. The summed E-state index contributed by atoms with van der Waals surface area (Å²) in [5.41, 5.74) is 6.55. The minimum Gasteiger partial charge on any atom is -0.380 e. The lowest BCUT2D eigenvalue weighted by molar-refractivity contribution is -0.122. The summed E-state index contributed by atoms with van der Waals surface area (Å²) in [6, 6.07) is 4.43. The van der Waals surface area contributed by atoms with Gasteiger partial charge in [0, 0.05) is 0 Å². The van der Waals surface area contributed by atoms with E-state index in [4.69, 9.17) is 15.2 Å². The molecular weight excluding hydrogens is 536 g/mol. The van der Waals surface area contributed by atoms with Gasteiger partial charge in [0.05, 0.1) is 25.5 Å². The zero-order valence-corrected chi connectivity index (χ0v) is 16.6. The van der Waals surface area contributed by atoms with Crippen LogP contribution in [-0.4, -0.2) is 33.2 Å². The molecule has 10 heteroatoms. The van der Waals surface area contributed by atoms with Gasteiger partial charge in [0.15, 0.2) is 5.75 Å². The van der Waals surface area contributed by atoms with Crippen LogP contribution in [0.25, 0.3) is 0 Å². The fourth-order valence-electron chi connectivity index (χ4n) is 1.57. The number of hydrogen-bond acceptors (Lipinski definition) is 6. The van der Waals surface area contributed by atoms with Crippen LogP contribution < -0.4 is 15.2 Å². The molecule has 0 unspecified atom stereocenters. The van der Waals surface area contributed by atoms with Gasteiger partial charge in [-0.2, -0.15) is 13.7 Å². The Balaban J connectivity index is 2.91. The van der Waals surface area contributed by atoms with Crippen molar-refractivity contribution >= 4 is 61.2 Å². The number of carbonyl (C=O) groups excluding carboxylic acids is 1. The van der Waals surface area contributed by atoms with E-state index >= 15 is 0 Å². The normalized spacial score (nSPS) is 12.3. The molecule has 0 spiro atoms. The summed E-state index contributed by atoms with van der Waals surface area (Å²) >= 11 is 3.92. The van der Waals surface area contributed by atoms with Crippen molar-refractivity contribution in [2.75, 3.05) is 12.8 Å². The number of carbonyl (C=O) groups is 1. The molecule has 0 saturated heterocycles. The Hall–Kier alpha value is -0.650. The molecule has 0 aromatic heterocycles. The Bertz CT molecular complexity index is 693. The van der Waals surface area contributed by atoms with E-state index in [1.54, 1.807) is 18.2 Å². The zero-order chi connectivity index (χ0) is 16.9. The molecule has 0 radical (unpaired) electrons. The Morgan fingerprint density at radius 3 is 2.45 bits per heavy atom. The van der Waals surface area contributed by atoms with Crippen molar-refractivity contribution in [2.45, 2.75) is 12.5 Å². The first kappa shape index (κ1) is 19.4. The van der Waals surface area contributed by atoms with Crippen molar-refractivity contribution in [3.05, 3.63) is 24.8 Å². The average molecular weight is 549 g/mol. The molecule has 0 fully saturated rings. The van der Waals surface area contributed by atoms with Gasteiger partial charge < -0.3 is 15.2 Å². The summed E-state index contributed by atoms with van der Waals surface area (Å²) in [5, 5.41) is 10.8. The third-order valence-corrected chi connectivity index (χ3v) is 4.50. The number of nitrogens with two attached hydrogens (primary N) is 1. The molecule has 1 amide bonds. The van der Waals surface area contributed by atoms with E-state index in [-0.39, 0.29) is 18.7 Å². The van der Waals surface area contributed by atoms with Gasteiger partial charge in [-0.3, -0.25) is 4.79 Å². The lowest BCUT2D eigenvalue weighted by Gasteiger charge is -2.13. The monoisotopic (exact) mass is 549 g/mol. The van der Waals surface area contributed by atoms with Gasteiger partial charge in [-0.25, -0.2) is 0 Å². The number of nitrogens with one attached hydrogen (secondary N) is 1. The number of hydrogen-bond donors (Lipinski definition) is 2. The standard InChI is InChI=1S/C12H13I2N3O4S/c1-22(19,20)21-11-8(13)4-7(5-9(11)14)6-10(16)12(18)17-3-2-15/h4-5,10H,3,6,16H2,1H3,(H,17,18)/t10-/m0/s1. The molecule has 1 aromatic carbocycles. The largest absolute Gasteiger partial charge is 0.380 e. The number of halogens is 2. The minimum atomic E-state index is -3.61. The minimum absolute atomic E-state index is 0.0945. The van der Waals surface area contributed by atoms with Crippen LogP contribution in [0.1, 0.15) is 5.56 Å². The highest BCUT2D eigenvalue weighted by molar-refractivity contribution is 14.1. The number of nitriles is 1. The topological polar surface area (TPSA) is 122 Å². The molecule has 0 saturated carbocycles. The van der Waals surface area contributed by atoms with Gasteiger partial charge >= 0.3 is 10.1 Å². The molecular formula is C12H13I2N3O4S. The second-order valence-electron chi connectivity index (χ2n) is 4.36. The van der Waals surface area contributed by atoms with Gasteiger partial charge in [-0.15, -0.1) is 0 Å². The molecule has 0 aliphatic rings. The van der Waals surface area contributed by atoms with E-state index in [0.29, 0.717) is 7.14 Å². The second kappa shape index (κ2) is 8.27. The number of rotatable bonds is 6. The predicted molar refractivity (Wildman–Crippen MR) is 97.6 cm³/mol. The zero-order valence-electron chi connectivity index (χ0n) is 11.5. The summed E-state index contributed by atoms with van der Waals surface area (Å²) < 4.78 is 28.6. The first-order valence-corrected chi connectivity index (χ1v) is 9.89. The SMILES string of the molecule is CS(=O)(=O)Oc1c(I)cc(C[C@H](N)C(=O)NCC#N)cc1I. The Labute approximate surface area is 156 Å². The molecule has 120 valence electrons. The third-order valence-electron chi connectivity index (χ3n) is 2.43. The van der Waals surface area contributed by atoms with Crippen LogP contribution in [0.4, 0.5) is 0 Å². The first-order valence-electron chi connectivity index (χ1n) is 5.91. The van der Waals surface area contributed by atoms with Gasteiger partial charge in [0.1, 0.15) is 6.54 Å². The molecule has 3 N–H and O–H groups in total. The van der Waals surface area contributed by atoms with Crippen LogP contribution in [-0.2, 0) is 21.3 Å². The van der Waals surface area contributed by atoms with Crippen LogP contribution in [0.3, 0.4) is 0 Å². The second-order valence-corrected chi connectivity index (χ2v) is 8.26. The molecule has 7 nitrogen and oxygen atoms in total. The lowest BCUT2D eigenvalue weighted by atomic mass is 10.1. The molecule has 0 aliphatic carbocycles. The lowest BCUT2D eigenvalue weighted by Crippen LogP contribution is -2.42. The summed E-state index contributed by atoms with van der Waals surface area (Å²) in [6.07, 6.45) is 1.24. The summed E-state index contributed by atoms with van der Waals surface area (Å²) in [5.74, 6) is -0.155. The maximum atomic E-state index is 11.6. The van der Waals surface area contributed by atoms with E-state index in [1.165, 1.54) is 0 Å². The smallest absolute Gasteiger partial charge is 0.306 e. The molecule has 1 rings (SSSR count). The van der Waals surface area contributed by atoms with E-state index in [0.717, 1.165) is 11.8 Å². The van der Waals surface area contributed by atoms with Crippen LogP contribution >= 0.6 is 45.2 Å². The molecule has 1 atom stereocenters. The molecule has 1 aromatic rings. The van der Waals surface area contributed by atoms with Crippen molar-refractivity contribution < 1.29 is 17.4 Å². The van der Waals surface area contributed by atoms with Crippen molar-refractivity contribution in [1.29, 1.82) is 5.26 Å². The van der Waals surface area contributed by atoms with Crippen molar-refractivity contribution in [3.63, 3.8) is 0 Å². The van der Waals surface area contributed by atoms with Crippen LogP contribution in [0.15, 0.2) is 12.1 Å². The highest BCUT2D eigenvalue weighted by atomic mass is 127. The van der Waals surface area contributed by atoms with Crippen molar-refractivity contribution in [1.82, 2.24) is 5.32 Å². The quantitative estimate of drug-likeness (QED) is 0.307. The van der Waals surface area contributed by atoms with E-state index < -0.39 is 22.1 Å². The first-order chi connectivity index (χ1) is 10.1. The molecule has 22 heavy (non-hydrogen) atoms. The maximum absolute atomic E-state index is 11.6. The van der Waals surface area contributed by atoms with Crippen molar-refractivity contribution in [2.24, 2.45) is 5.73 Å². The van der Waals surface area contributed by atoms with Gasteiger partial charge in [-0.05, 0) is 69.3 Å². The highest BCUT2D eigenvalue weighted by Gasteiger charge is 2.18. The van der Waals surface area contributed by atoms with Crippen LogP contribution in [0, 0.1) is 18.5 Å². The van der Waals surface area contributed by atoms with Crippen LogP contribution in [0.2, 0.25) is 0 Å². The van der Waals surface area contributed by atoms with Crippen LogP contribution in [0.5, 0.6) is 5.75 Å². The van der Waals surface area contributed by atoms with Crippen molar-refractivity contribution in [3.8, 4) is 11.8 Å². The number of benzene rings is 1. The molecule has 0 bridgehead atoms. The van der Waals surface area contributed by atoms with E-state index in [2.05, 4.69) is 5.32 Å². The van der Waals surface area contributed by atoms with E-state index in [9.17, 15) is 13.2 Å². The summed E-state index contributed by atoms with van der Waals surface area (Å²) in [6.45, 7) is -0.0945. The Kier molecular flexibility index (Phi) is 7.29. The third kappa shape index (κ3) is 6.23.